The average Bonchev–Trinajstić information content (AvgIpc) is 2.75. The molecular formula is C12H22N4O. The van der Waals surface area contributed by atoms with Crippen molar-refractivity contribution < 1.29 is 4.79 Å². The summed E-state index contributed by atoms with van der Waals surface area (Å²) in [6.45, 7) is 4.87. The smallest absolute Gasteiger partial charge is 0.239 e. The van der Waals surface area contributed by atoms with Crippen LogP contribution in [0, 0.1) is 5.92 Å². The van der Waals surface area contributed by atoms with Crippen LogP contribution in [0.1, 0.15) is 26.0 Å². The summed E-state index contributed by atoms with van der Waals surface area (Å²) in [5, 5.41) is 3.27. The van der Waals surface area contributed by atoms with Crippen molar-refractivity contribution >= 4 is 5.91 Å². The molecule has 96 valence electrons. The lowest BCUT2D eigenvalue weighted by molar-refractivity contribution is -0.131. The maximum atomic E-state index is 12.0. The van der Waals surface area contributed by atoms with Gasteiger partial charge in [-0.15, -0.1) is 0 Å². The molecule has 1 aromatic rings. The molecule has 1 heterocycles. The number of H-pyrrole nitrogens is 1. The third kappa shape index (κ3) is 4.56. The van der Waals surface area contributed by atoms with Crippen LogP contribution >= 0.6 is 0 Å². The Kier molecular flexibility index (Phi) is 5.15. The van der Waals surface area contributed by atoms with Crippen LogP contribution in [0.15, 0.2) is 12.5 Å². The molecule has 2 N–H and O–H groups in total. The highest BCUT2D eigenvalue weighted by Crippen LogP contribution is 2.07. The van der Waals surface area contributed by atoms with Crippen LogP contribution in [-0.2, 0) is 11.3 Å². The molecule has 0 saturated heterocycles. The van der Waals surface area contributed by atoms with E-state index >= 15 is 0 Å². The largest absolute Gasteiger partial charge is 0.347 e. The molecule has 5 heteroatoms. The van der Waals surface area contributed by atoms with E-state index in [1.54, 1.807) is 31.5 Å². The van der Waals surface area contributed by atoms with E-state index in [2.05, 4.69) is 29.1 Å². The zero-order chi connectivity index (χ0) is 12.8. The van der Waals surface area contributed by atoms with Crippen LogP contribution in [0.4, 0.5) is 0 Å². The summed E-state index contributed by atoms with van der Waals surface area (Å²) >= 11 is 0. The van der Waals surface area contributed by atoms with Crippen molar-refractivity contribution in [2.24, 2.45) is 5.92 Å². The Balaban J connectivity index is 2.54. The zero-order valence-electron chi connectivity index (χ0n) is 11.0. The molecule has 1 amide bonds. The second-order valence-electron chi connectivity index (χ2n) is 4.87. The number of imidazole rings is 1. The molecule has 0 spiro atoms. The van der Waals surface area contributed by atoms with E-state index in [1.807, 2.05) is 0 Å². The van der Waals surface area contributed by atoms with Crippen molar-refractivity contribution in [2.75, 3.05) is 14.1 Å². The predicted molar refractivity (Wildman–Crippen MR) is 67.4 cm³/mol. The van der Waals surface area contributed by atoms with Crippen molar-refractivity contribution in [1.29, 1.82) is 0 Å². The Morgan fingerprint density at radius 2 is 2.24 bits per heavy atom. The number of likely N-dealkylation sites (N-methyl/N-ethyl adjacent to an activating group) is 1. The van der Waals surface area contributed by atoms with Gasteiger partial charge >= 0.3 is 0 Å². The molecule has 0 aliphatic carbocycles. The van der Waals surface area contributed by atoms with E-state index in [4.69, 9.17) is 0 Å². The van der Waals surface area contributed by atoms with Gasteiger partial charge in [0.15, 0.2) is 0 Å². The molecule has 0 bridgehead atoms. The lowest BCUT2D eigenvalue weighted by atomic mass is 10.0. The minimum Gasteiger partial charge on any atom is -0.347 e. The maximum Gasteiger partial charge on any atom is 0.239 e. The van der Waals surface area contributed by atoms with Gasteiger partial charge in [0, 0.05) is 32.5 Å². The summed E-state index contributed by atoms with van der Waals surface area (Å²) in [5.41, 5.74) is 0.991. The van der Waals surface area contributed by atoms with E-state index in [-0.39, 0.29) is 11.9 Å². The van der Waals surface area contributed by atoms with Crippen molar-refractivity contribution in [3.8, 4) is 0 Å². The number of rotatable bonds is 6. The molecule has 17 heavy (non-hydrogen) atoms. The Hall–Kier alpha value is -1.36. The summed E-state index contributed by atoms with van der Waals surface area (Å²) in [6, 6.07) is -0.131. The quantitative estimate of drug-likeness (QED) is 0.777. The highest BCUT2D eigenvalue weighted by Gasteiger charge is 2.20. The highest BCUT2D eigenvalue weighted by molar-refractivity contribution is 5.81. The topological polar surface area (TPSA) is 61.0 Å². The molecule has 5 nitrogen and oxygen atoms in total. The van der Waals surface area contributed by atoms with Crippen molar-refractivity contribution in [3.63, 3.8) is 0 Å². The summed E-state index contributed by atoms with van der Waals surface area (Å²) in [4.78, 5) is 20.6. The van der Waals surface area contributed by atoms with Crippen molar-refractivity contribution in [3.05, 3.63) is 18.2 Å². The second kappa shape index (κ2) is 6.39. The molecule has 0 aliphatic heterocycles. The first-order valence-electron chi connectivity index (χ1n) is 5.92. The normalized spacial score (nSPS) is 12.8. The Morgan fingerprint density at radius 3 is 2.71 bits per heavy atom. The second-order valence-corrected chi connectivity index (χ2v) is 4.87. The first kappa shape index (κ1) is 13.7. The van der Waals surface area contributed by atoms with Gasteiger partial charge in [0.2, 0.25) is 5.91 Å². The molecule has 0 aliphatic rings. The lowest BCUT2D eigenvalue weighted by Gasteiger charge is -2.23. The third-order valence-corrected chi connectivity index (χ3v) is 2.54. The van der Waals surface area contributed by atoms with E-state index in [9.17, 15) is 4.79 Å². The van der Waals surface area contributed by atoms with Crippen LogP contribution < -0.4 is 5.32 Å². The first-order chi connectivity index (χ1) is 8.00. The third-order valence-electron chi connectivity index (χ3n) is 2.54. The summed E-state index contributed by atoms with van der Waals surface area (Å²) in [7, 11) is 3.57. The molecule has 1 atom stereocenters. The molecular weight excluding hydrogens is 216 g/mol. The average molecular weight is 238 g/mol. The van der Waals surface area contributed by atoms with Gasteiger partial charge in [-0.3, -0.25) is 4.79 Å². The van der Waals surface area contributed by atoms with Crippen molar-refractivity contribution in [2.45, 2.75) is 32.9 Å². The molecule has 0 saturated carbocycles. The van der Waals surface area contributed by atoms with Gasteiger partial charge in [-0.25, -0.2) is 4.98 Å². The monoisotopic (exact) mass is 238 g/mol. The van der Waals surface area contributed by atoms with Gasteiger partial charge in [-0.1, -0.05) is 13.8 Å². The molecule has 1 unspecified atom stereocenters. The maximum absolute atomic E-state index is 12.0. The van der Waals surface area contributed by atoms with Gasteiger partial charge in [0.05, 0.1) is 12.4 Å². The summed E-state index contributed by atoms with van der Waals surface area (Å²) in [6.07, 6.45) is 4.24. The van der Waals surface area contributed by atoms with Gasteiger partial charge in [-0.2, -0.15) is 0 Å². The molecule has 0 radical (unpaired) electrons. The Labute approximate surface area is 103 Å². The number of hydrogen-bond acceptors (Lipinski definition) is 3. The van der Waals surface area contributed by atoms with Crippen LogP contribution in [0.25, 0.3) is 0 Å². The minimum atomic E-state index is -0.131. The molecule has 1 aromatic heterocycles. The van der Waals surface area contributed by atoms with Gasteiger partial charge in [0.1, 0.15) is 0 Å². The standard InChI is InChI=1S/C12H22N4O/c1-9(2)5-11(12(17)16(3)4)14-7-10-6-13-8-15-10/h6,8-9,11,14H,5,7H2,1-4H3,(H,13,15). The van der Waals surface area contributed by atoms with E-state index in [0.717, 1.165) is 12.1 Å². The van der Waals surface area contributed by atoms with Crippen LogP contribution in [0.5, 0.6) is 0 Å². The van der Waals surface area contributed by atoms with Crippen LogP contribution in [-0.4, -0.2) is 40.9 Å². The molecule has 0 aromatic carbocycles. The number of aromatic amines is 1. The fourth-order valence-corrected chi connectivity index (χ4v) is 1.67. The van der Waals surface area contributed by atoms with Crippen LogP contribution in [0.2, 0.25) is 0 Å². The van der Waals surface area contributed by atoms with E-state index in [1.165, 1.54) is 0 Å². The highest BCUT2D eigenvalue weighted by atomic mass is 16.2. The van der Waals surface area contributed by atoms with E-state index in [0.29, 0.717) is 12.5 Å². The van der Waals surface area contributed by atoms with Crippen molar-refractivity contribution in [1.82, 2.24) is 20.2 Å². The zero-order valence-corrected chi connectivity index (χ0v) is 11.0. The SMILES string of the molecule is CC(C)CC(NCc1cnc[nH]1)C(=O)N(C)C. The van der Waals surface area contributed by atoms with Gasteiger partial charge < -0.3 is 15.2 Å². The Bertz CT molecular complexity index is 332. The van der Waals surface area contributed by atoms with Gasteiger partial charge in [-0.05, 0) is 12.3 Å². The number of nitrogens with zero attached hydrogens (tertiary/aromatic N) is 2. The fourth-order valence-electron chi connectivity index (χ4n) is 1.67. The summed E-state index contributed by atoms with van der Waals surface area (Å²) < 4.78 is 0. The number of carbonyl (C=O) groups excluding carboxylic acids is 1. The van der Waals surface area contributed by atoms with E-state index < -0.39 is 0 Å². The molecule has 0 fully saturated rings. The number of nitrogens with one attached hydrogen (secondary N) is 2. The first-order valence-corrected chi connectivity index (χ1v) is 5.92. The predicted octanol–water partition coefficient (Wildman–Crippen LogP) is 1.00. The summed E-state index contributed by atoms with van der Waals surface area (Å²) in [5.74, 6) is 0.608. The number of aromatic nitrogens is 2. The Morgan fingerprint density at radius 1 is 1.53 bits per heavy atom. The molecule has 1 rings (SSSR count). The lowest BCUT2D eigenvalue weighted by Crippen LogP contribution is -2.44. The number of amides is 1. The van der Waals surface area contributed by atoms with Crippen LogP contribution in [0.3, 0.4) is 0 Å². The fraction of sp³-hybridized carbons (Fsp3) is 0.667. The minimum absolute atomic E-state index is 0.123. The number of hydrogen-bond donors (Lipinski definition) is 2. The number of carbonyl (C=O) groups is 1. The van der Waals surface area contributed by atoms with Gasteiger partial charge in [0.25, 0.3) is 0 Å².